The maximum atomic E-state index is 13.1. The van der Waals surface area contributed by atoms with Gasteiger partial charge in [0.1, 0.15) is 11.8 Å². The van der Waals surface area contributed by atoms with Crippen molar-refractivity contribution in [3.05, 3.63) is 65.2 Å². The Morgan fingerprint density at radius 1 is 1.07 bits per heavy atom. The van der Waals surface area contributed by atoms with E-state index < -0.39 is 6.04 Å². The number of hydrogen-bond donors (Lipinski definition) is 1. The molecule has 0 aliphatic carbocycles. The van der Waals surface area contributed by atoms with Gasteiger partial charge in [0.25, 0.3) is 5.91 Å². The fourth-order valence-corrected chi connectivity index (χ4v) is 3.23. The lowest BCUT2D eigenvalue weighted by molar-refractivity contribution is -0.142. The second-order valence-electron chi connectivity index (χ2n) is 8.23. The molecule has 0 saturated carbocycles. The second kappa shape index (κ2) is 11.0. The van der Waals surface area contributed by atoms with Crippen LogP contribution < -0.4 is 10.1 Å². The maximum absolute atomic E-state index is 13.1. The number of rotatable bonds is 9. The van der Waals surface area contributed by atoms with Crippen molar-refractivity contribution >= 4 is 23.4 Å². The van der Waals surface area contributed by atoms with Gasteiger partial charge in [-0.3, -0.25) is 9.59 Å². The van der Waals surface area contributed by atoms with Gasteiger partial charge in [-0.15, -0.1) is 0 Å². The van der Waals surface area contributed by atoms with Crippen molar-refractivity contribution < 1.29 is 14.3 Å². The zero-order valence-corrected chi connectivity index (χ0v) is 18.9. The minimum Gasteiger partial charge on any atom is -0.484 e. The minimum absolute atomic E-state index is 0.143. The van der Waals surface area contributed by atoms with E-state index in [9.17, 15) is 9.59 Å². The number of carbonyl (C=O) groups is 2. The van der Waals surface area contributed by atoms with E-state index in [1.807, 2.05) is 58.0 Å². The molecule has 0 fully saturated rings. The molecule has 0 radical (unpaired) electrons. The minimum atomic E-state index is -0.561. The van der Waals surface area contributed by atoms with Crippen LogP contribution in [-0.4, -0.2) is 41.4 Å². The third kappa shape index (κ3) is 7.71. The number of hydrogen-bond acceptors (Lipinski definition) is 3. The van der Waals surface area contributed by atoms with Crippen molar-refractivity contribution in [2.24, 2.45) is 0 Å². The molecule has 0 aliphatic rings. The highest BCUT2D eigenvalue weighted by Crippen LogP contribution is 2.16. The van der Waals surface area contributed by atoms with E-state index in [-0.39, 0.29) is 24.0 Å². The first-order chi connectivity index (χ1) is 14.2. The Kier molecular flexibility index (Phi) is 8.72. The normalized spacial score (nSPS) is 12.2. The van der Waals surface area contributed by atoms with Crippen LogP contribution in [-0.2, 0) is 16.0 Å². The zero-order chi connectivity index (χ0) is 22.1. The van der Waals surface area contributed by atoms with Crippen LogP contribution in [0, 0.1) is 0 Å². The summed E-state index contributed by atoms with van der Waals surface area (Å²) in [7, 11) is 0. The summed E-state index contributed by atoms with van der Waals surface area (Å²) in [5.41, 5.74) is 0.735. The van der Waals surface area contributed by atoms with E-state index in [1.54, 1.807) is 29.2 Å². The van der Waals surface area contributed by atoms with Crippen LogP contribution in [0.2, 0.25) is 5.02 Å². The van der Waals surface area contributed by atoms with E-state index >= 15 is 0 Å². The largest absolute Gasteiger partial charge is 0.484 e. The lowest BCUT2D eigenvalue weighted by Gasteiger charge is -2.33. The van der Waals surface area contributed by atoms with Gasteiger partial charge in [-0.2, -0.15) is 0 Å². The molecule has 0 heterocycles. The molecule has 0 saturated heterocycles. The van der Waals surface area contributed by atoms with Crippen molar-refractivity contribution in [3.63, 3.8) is 0 Å². The predicted molar refractivity (Wildman–Crippen MR) is 121 cm³/mol. The van der Waals surface area contributed by atoms with Crippen molar-refractivity contribution in [1.29, 1.82) is 0 Å². The Hall–Kier alpha value is -2.53. The van der Waals surface area contributed by atoms with Crippen LogP contribution in [0.3, 0.4) is 0 Å². The van der Waals surface area contributed by atoms with E-state index in [2.05, 4.69) is 5.32 Å². The smallest absolute Gasteiger partial charge is 0.261 e. The Bertz CT molecular complexity index is 817. The average Bonchev–Trinajstić information content (AvgIpc) is 2.69. The van der Waals surface area contributed by atoms with Crippen LogP contribution >= 0.6 is 11.6 Å². The number of ether oxygens (including phenoxy) is 1. The molecule has 2 aromatic carbocycles. The fourth-order valence-electron chi connectivity index (χ4n) is 3.11. The first-order valence-corrected chi connectivity index (χ1v) is 10.6. The Balaban J connectivity index is 2.14. The van der Waals surface area contributed by atoms with Crippen molar-refractivity contribution in [1.82, 2.24) is 10.2 Å². The molecule has 0 aliphatic heterocycles. The highest BCUT2D eigenvalue weighted by atomic mass is 35.5. The highest BCUT2D eigenvalue weighted by Gasteiger charge is 2.30. The monoisotopic (exact) mass is 430 g/mol. The van der Waals surface area contributed by atoms with E-state index in [0.717, 1.165) is 5.56 Å². The van der Waals surface area contributed by atoms with Crippen molar-refractivity contribution in [2.75, 3.05) is 13.2 Å². The zero-order valence-electron chi connectivity index (χ0n) is 18.2. The van der Waals surface area contributed by atoms with Crippen molar-refractivity contribution in [3.8, 4) is 5.75 Å². The van der Waals surface area contributed by atoms with Crippen LogP contribution in [0.15, 0.2) is 54.6 Å². The summed E-state index contributed by atoms with van der Waals surface area (Å²) in [6.07, 6.45) is 1.18. The van der Waals surface area contributed by atoms with Crippen LogP contribution in [0.4, 0.5) is 0 Å². The maximum Gasteiger partial charge on any atom is 0.261 e. The topological polar surface area (TPSA) is 58.6 Å². The molecule has 30 heavy (non-hydrogen) atoms. The standard InChI is InChI=1S/C24H31ClN2O3/c1-5-21(23(29)26-24(2,3)4)27(16-15-18-9-7-6-8-10-18)22(28)17-30-20-13-11-19(25)12-14-20/h6-14,21H,5,15-17H2,1-4H3,(H,26,29)/t21-/m0/s1. The van der Waals surface area contributed by atoms with Gasteiger partial charge < -0.3 is 15.0 Å². The summed E-state index contributed by atoms with van der Waals surface area (Å²) in [5, 5.41) is 3.60. The van der Waals surface area contributed by atoms with Crippen LogP contribution in [0.1, 0.15) is 39.7 Å². The molecule has 162 valence electrons. The van der Waals surface area contributed by atoms with E-state index in [0.29, 0.717) is 30.2 Å². The predicted octanol–water partition coefficient (Wildman–Crippen LogP) is 4.48. The molecule has 0 spiro atoms. The highest BCUT2D eigenvalue weighted by molar-refractivity contribution is 6.30. The summed E-state index contributed by atoms with van der Waals surface area (Å²) >= 11 is 5.90. The Morgan fingerprint density at radius 3 is 2.27 bits per heavy atom. The molecular weight excluding hydrogens is 400 g/mol. The number of halogens is 1. The average molecular weight is 431 g/mol. The summed E-state index contributed by atoms with van der Waals surface area (Å²) in [6, 6.07) is 16.2. The van der Waals surface area contributed by atoms with E-state index in [1.165, 1.54) is 0 Å². The van der Waals surface area contributed by atoms with Gasteiger partial charge in [-0.25, -0.2) is 0 Å². The van der Waals surface area contributed by atoms with Gasteiger partial charge >= 0.3 is 0 Å². The Labute approximate surface area is 184 Å². The SMILES string of the molecule is CC[C@@H](C(=O)NC(C)(C)C)N(CCc1ccccc1)C(=O)COc1ccc(Cl)cc1. The third-order valence-electron chi connectivity index (χ3n) is 4.54. The number of nitrogens with zero attached hydrogens (tertiary/aromatic N) is 1. The molecule has 2 aromatic rings. The van der Waals surface area contributed by atoms with Crippen LogP contribution in [0.25, 0.3) is 0 Å². The van der Waals surface area contributed by atoms with Gasteiger partial charge in [0.2, 0.25) is 5.91 Å². The quantitative estimate of drug-likeness (QED) is 0.637. The Morgan fingerprint density at radius 2 is 1.70 bits per heavy atom. The molecule has 0 aromatic heterocycles. The third-order valence-corrected chi connectivity index (χ3v) is 4.80. The summed E-state index contributed by atoms with van der Waals surface area (Å²) in [6.45, 7) is 7.99. The van der Waals surface area contributed by atoms with E-state index in [4.69, 9.17) is 16.3 Å². The molecule has 6 heteroatoms. The van der Waals surface area contributed by atoms with Crippen LogP contribution in [0.5, 0.6) is 5.75 Å². The molecule has 1 N–H and O–H groups in total. The van der Waals surface area contributed by atoms with Gasteiger partial charge in [0.15, 0.2) is 6.61 Å². The molecule has 2 amide bonds. The van der Waals surface area contributed by atoms with Gasteiger partial charge in [0, 0.05) is 17.1 Å². The number of benzene rings is 2. The summed E-state index contributed by atoms with van der Waals surface area (Å²) in [5.74, 6) is 0.178. The number of nitrogens with one attached hydrogen (secondary N) is 1. The first-order valence-electron chi connectivity index (χ1n) is 10.2. The summed E-state index contributed by atoms with van der Waals surface area (Å²) < 4.78 is 5.65. The molecule has 0 unspecified atom stereocenters. The van der Waals surface area contributed by atoms with Gasteiger partial charge in [0.05, 0.1) is 0 Å². The molecule has 1 atom stereocenters. The lowest BCUT2D eigenvalue weighted by atomic mass is 10.1. The van der Waals surface area contributed by atoms with Gasteiger partial charge in [-0.1, -0.05) is 48.9 Å². The van der Waals surface area contributed by atoms with Crippen molar-refractivity contribution in [2.45, 2.75) is 52.1 Å². The number of carbonyl (C=O) groups excluding carboxylic acids is 2. The lowest BCUT2D eigenvalue weighted by Crippen LogP contribution is -2.54. The number of amides is 2. The fraction of sp³-hybridized carbons (Fsp3) is 0.417. The second-order valence-corrected chi connectivity index (χ2v) is 8.67. The molecule has 5 nitrogen and oxygen atoms in total. The molecule has 0 bridgehead atoms. The molecular formula is C24H31ClN2O3. The molecule has 2 rings (SSSR count). The first kappa shape index (κ1) is 23.7. The summed E-state index contributed by atoms with van der Waals surface area (Å²) in [4.78, 5) is 27.6. The van der Waals surface area contributed by atoms with Gasteiger partial charge in [-0.05, 0) is 63.4 Å².